The fraction of sp³-hybridized carbons (Fsp3) is 1.00. The van der Waals surface area contributed by atoms with Crippen molar-refractivity contribution in [2.75, 3.05) is 19.6 Å². The van der Waals surface area contributed by atoms with Crippen molar-refractivity contribution in [3.05, 3.63) is 0 Å². The standard InChI is InChI=1S/C14H28N2O/c1-4-5-12(8-15-11(2)3)16-9-13-6-7-14(10-16)17-13/h11-15H,4-10H2,1-3H3. The minimum atomic E-state index is 0.521. The lowest BCUT2D eigenvalue weighted by Crippen LogP contribution is -2.51. The molecule has 3 nitrogen and oxygen atoms in total. The SMILES string of the molecule is CCCC(CNC(C)C)N1CC2CCC(C1)O2. The first kappa shape index (κ1) is 13.3. The van der Waals surface area contributed by atoms with Crippen molar-refractivity contribution in [2.45, 2.75) is 70.7 Å². The highest BCUT2D eigenvalue weighted by atomic mass is 16.5. The topological polar surface area (TPSA) is 24.5 Å². The highest BCUT2D eigenvalue weighted by Crippen LogP contribution is 2.28. The van der Waals surface area contributed by atoms with Gasteiger partial charge in [-0.05, 0) is 19.3 Å². The normalized spacial score (nSPS) is 31.1. The first-order valence-corrected chi connectivity index (χ1v) is 7.32. The van der Waals surface area contributed by atoms with Crippen molar-refractivity contribution in [1.29, 1.82) is 0 Å². The van der Waals surface area contributed by atoms with E-state index in [4.69, 9.17) is 4.74 Å². The van der Waals surface area contributed by atoms with Crippen LogP contribution in [0.25, 0.3) is 0 Å². The van der Waals surface area contributed by atoms with Gasteiger partial charge in [0.05, 0.1) is 12.2 Å². The monoisotopic (exact) mass is 240 g/mol. The van der Waals surface area contributed by atoms with Crippen LogP contribution in [0.4, 0.5) is 0 Å². The van der Waals surface area contributed by atoms with Gasteiger partial charge in [0.25, 0.3) is 0 Å². The molecule has 0 saturated carbocycles. The van der Waals surface area contributed by atoms with E-state index in [2.05, 4.69) is 31.0 Å². The van der Waals surface area contributed by atoms with Gasteiger partial charge < -0.3 is 10.1 Å². The molecule has 1 N–H and O–H groups in total. The Hall–Kier alpha value is -0.120. The Morgan fingerprint density at radius 3 is 2.41 bits per heavy atom. The number of nitrogens with one attached hydrogen (secondary N) is 1. The fourth-order valence-electron chi connectivity index (χ4n) is 3.06. The third-order valence-electron chi connectivity index (χ3n) is 3.97. The third-order valence-corrected chi connectivity index (χ3v) is 3.97. The summed E-state index contributed by atoms with van der Waals surface area (Å²) in [6.45, 7) is 10.2. The second-order valence-electron chi connectivity index (χ2n) is 5.92. The van der Waals surface area contributed by atoms with Crippen LogP contribution in [0.2, 0.25) is 0 Å². The molecule has 100 valence electrons. The lowest BCUT2D eigenvalue weighted by molar-refractivity contribution is -0.0537. The molecule has 0 aromatic carbocycles. The number of ether oxygens (including phenoxy) is 1. The summed E-state index contributed by atoms with van der Waals surface area (Å²) in [5.74, 6) is 0. The Bertz CT molecular complexity index is 220. The van der Waals surface area contributed by atoms with Crippen LogP contribution in [-0.4, -0.2) is 48.8 Å². The molecule has 0 aromatic heterocycles. The van der Waals surface area contributed by atoms with Crippen LogP contribution < -0.4 is 5.32 Å². The zero-order chi connectivity index (χ0) is 12.3. The number of rotatable bonds is 6. The molecule has 3 heteroatoms. The molecular formula is C14H28N2O. The molecule has 0 radical (unpaired) electrons. The number of likely N-dealkylation sites (tertiary alicyclic amines) is 1. The lowest BCUT2D eigenvalue weighted by atomic mass is 10.1. The quantitative estimate of drug-likeness (QED) is 0.769. The summed E-state index contributed by atoms with van der Waals surface area (Å²) in [5.41, 5.74) is 0. The van der Waals surface area contributed by atoms with Gasteiger partial charge in [-0.1, -0.05) is 27.2 Å². The zero-order valence-corrected chi connectivity index (χ0v) is 11.6. The second-order valence-corrected chi connectivity index (χ2v) is 5.92. The molecule has 2 saturated heterocycles. The molecule has 0 spiro atoms. The molecule has 0 amide bonds. The van der Waals surface area contributed by atoms with Gasteiger partial charge in [-0.15, -0.1) is 0 Å². The summed E-state index contributed by atoms with van der Waals surface area (Å²) in [6, 6.07) is 1.29. The average molecular weight is 240 g/mol. The first-order chi connectivity index (χ1) is 8.19. The van der Waals surface area contributed by atoms with Crippen LogP contribution in [0, 0.1) is 0 Å². The maximum absolute atomic E-state index is 5.92. The number of nitrogens with zero attached hydrogens (tertiary/aromatic N) is 1. The Labute approximate surface area is 106 Å². The van der Waals surface area contributed by atoms with E-state index in [0.29, 0.717) is 24.3 Å². The Morgan fingerprint density at radius 2 is 1.88 bits per heavy atom. The van der Waals surface area contributed by atoms with E-state index in [1.807, 2.05) is 0 Å². The molecule has 3 unspecified atom stereocenters. The van der Waals surface area contributed by atoms with E-state index in [9.17, 15) is 0 Å². The van der Waals surface area contributed by atoms with Crippen LogP contribution >= 0.6 is 0 Å². The van der Waals surface area contributed by atoms with Crippen molar-refractivity contribution >= 4 is 0 Å². The van der Waals surface area contributed by atoms with Gasteiger partial charge in [-0.2, -0.15) is 0 Å². The van der Waals surface area contributed by atoms with Gasteiger partial charge in [0.1, 0.15) is 0 Å². The number of morpholine rings is 1. The van der Waals surface area contributed by atoms with Crippen LogP contribution in [0.3, 0.4) is 0 Å². The highest BCUT2D eigenvalue weighted by molar-refractivity contribution is 4.88. The van der Waals surface area contributed by atoms with E-state index in [0.717, 1.165) is 19.6 Å². The number of fused-ring (bicyclic) bond motifs is 2. The van der Waals surface area contributed by atoms with E-state index < -0.39 is 0 Å². The Morgan fingerprint density at radius 1 is 1.24 bits per heavy atom. The molecule has 17 heavy (non-hydrogen) atoms. The Balaban J connectivity index is 1.86. The number of hydrogen-bond donors (Lipinski definition) is 1. The maximum atomic E-state index is 5.92. The van der Waals surface area contributed by atoms with E-state index in [1.165, 1.54) is 25.7 Å². The van der Waals surface area contributed by atoms with Crippen molar-refractivity contribution in [3.8, 4) is 0 Å². The van der Waals surface area contributed by atoms with Crippen LogP contribution in [0.15, 0.2) is 0 Å². The van der Waals surface area contributed by atoms with Gasteiger partial charge in [0.2, 0.25) is 0 Å². The van der Waals surface area contributed by atoms with Gasteiger partial charge in [0.15, 0.2) is 0 Å². The molecule has 2 aliphatic rings. The van der Waals surface area contributed by atoms with Crippen LogP contribution in [0.1, 0.15) is 46.5 Å². The Kier molecular flexibility index (Phi) is 4.83. The van der Waals surface area contributed by atoms with Gasteiger partial charge in [0, 0.05) is 31.7 Å². The van der Waals surface area contributed by atoms with Crippen LogP contribution in [0.5, 0.6) is 0 Å². The molecule has 2 rings (SSSR count). The maximum Gasteiger partial charge on any atom is 0.0707 e. The molecule has 2 fully saturated rings. The summed E-state index contributed by atoms with van der Waals surface area (Å²) in [6.07, 6.45) is 6.17. The molecule has 2 bridgehead atoms. The fourth-order valence-corrected chi connectivity index (χ4v) is 3.06. The third kappa shape index (κ3) is 3.67. The van der Waals surface area contributed by atoms with Crippen molar-refractivity contribution < 1.29 is 4.74 Å². The summed E-state index contributed by atoms with van der Waals surface area (Å²) in [5, 5.41) is 3.60. The molecule has 0 aliphatic carbocycles. The molecule has 3 atom stereocenters. The second kappa shape index (κ2) is 6.17. The lowest BCUT2D eigenvalue weighted by Gasteiger charge is -2.38. The summed E-state index contributed by atoms with van der Waals surface area (Å²) in [7, 11) is 0. The summed E-state index contributed by atoms with van der Waals surface area (Å²) < 4.78 is 5.92. The average Bonchev–Trinajstić information content (AvgIpc) is 2.63. The summed E-state index contributed by atoms with van der Waals surface area (Å²) in [4.78, 5) is 2.67. The largest absolute Gasteiger partial charge is 0.372 e. The highest BCUT2D eigenvalue weighted by Gasteiger charge is 2.36. The van der Waals surface area contributed by atoms with E-state index in [-0.39, 0.29) is 0 Å². The predicted octanol–water partition coefficient (Wildman–Crippen LogP) is 2.02. The van der Waals surface area contributed by atoms with Gasteiger partial charge in [-0.25, -0.2) is 0 Å². The van der Waals surface area contributed by atoms with E-state index in [1.54, 1.807) is 0 Å². The zero-order valence-electron chi connectivity index (χ0n) is 11.6. The first-order valence-electron chi connectivity index (χ1n) is 7.32. The smallest absolute Gasteiger partial charge is 0.0707 e. The minimum Gasteiger partial charge on any atom is -0.372 e. The molecule has 2 heterocycles. The molecule has 0 aromatic rings. The van der Waals surface area contributed by atoms with Gasteiger partial charge >= 0.3 is 0 Å². The molecule has 2 aliphatic heterocycles. The van der Waals surface area contributed by atoms with E-state index >= 15 is 0 Å². The van der Waals surface area contributed by atoms with Crippen LogP contribution in [-0.2, 0) is 4.74 Å². The van der Waals surface area contributed by atoms with Crippen molar-refractivity contribution in [3.63, 3.8) is 0 Å². The minimum absolute atomic E-state index is 0.521. The predicted molar refractivity (Wildman–Crippen MR) is 71.3 cm³/mol. The van der Waals surface area contributed by atoms with Crippen molar-refractivity contribution in [1.82, 2.24) is 10.2 Å². The molecular weight excluding hydrogens is 212 g/mol. The van der Waals surface area contributed by atoms with Gasteiger partial charge in [-0.3, -0.25) is 4.90 Å². The number of hydrogen-bond acceptors (Lipinski definition) is 3. The summed E-state index contributed by atoms with van der Waals surface area (Å²) >= 11 is 0. The van der Waals surface area contributed by atoms with Crippen molar-refractivity contribution in [2.24, 2.45) is 0 Å².